The van der Waals surface area contributed by atoms with Crippen LogP contribution >= 0.6 is 0 Å². The van der Waals surface area contributed by atoms with E-state index in [2.05, 4.69) is 15.5 Å². The maximum Gasteiger partial charge on any atom is 0.234 e. The lowest BCUT2D eigenvalue weighted by atomic mass is 10.0. The van der Waals surface area contributed by atoms with Gasteiger partial charge in [0, 0.05) is 6.54 Å². The maximum atomic E-state index is 12.0. The summed E-state index contributed by atoms with van der Waals surface area (Å²) in [6.07, 6.45) is 6.65. The number of hydrogen-bond acceptors (Lipinski definition) is 4. The molecule has 2 heterocycles. The normalized spacial score (nSPS) is 30.4. The number of rotatable bonds is 3. The molecule has 5 nitrogen and oxygen atoms in total. The molecule has 2 aliphatic rings. The molecular weight excluding hydrogens is 242 g/mol. The first-order valence-corrected chi connectivity index (χ1v) is 7.66. The molecule has 0 unspecified atom stereocenters. The third-order valence-corrected chi connectivity index (χ3v) is 4.11. The van der Waals surface area contributed by atoms with Gasteiger partial charge in [0.2, 0.25) is 5.91 Å². The van der Waals surface area contributed by atoms with Crippen LogP contribution in [0.25, 0.3) is 0 Å². The predicted molar refractivity (Wildman–Crippen MR) is 74.9 cm³/mol. The summed E-state index contributed by atoms with van der Waals surface area (Å²) >= 11 is 0. The summed E-state index contributed by atoms with van der Waals surface area (Å²) in [6.45, 7) is 3.99. The lowest BCUT2D eigenvalue weighted by Crippen LogP contribution is -2.54. The number of piperidine rings is 1. The number of amides is 1. The van der Waals surface area contributed by atoms with Crippen LogP contribution in [0.3, 0.4) is 0 Å². The van der Waals surface area contributed by atoms with Crippen molar-refractivity contribution in [3.05, 3.63) is 0 Å². The first kappa shape index (κ1) is 14.8. The van der Waals surface area contributed by atoms with E-state index in [0.717, 1.165) is 26.1 Å². The number of hydrogen-bond donors (Lipinski definition) is 3. The molecule has 0 aromatic rings. The van der Waals surface area contributed by atoms with Crippen LogP contribution in [0.1, 0.15) is 38.5 Å². The minimum absolute atomic E-state index is 0.0616. The zero-order valence-electron chi connectivity index (χ0n) is 11.7. The number of likely N-dealkylation sites (tertiary alicyclic amines) is 1. The van der Waals surface area contributed by atoms with Crippen molar-refractivity contribution in [3.63, 3.8) is 0 Å². The predicted octanol–water partition coefficient (Wildman–Crippen LogP) is 0.0915. The lowest BCUT2D eigenvalue weighted by Gasteiger charge is -2.30. The fourth-order valence-electron chi connectivity index (χ4n) is 2.94. The summed E-state index contributed by atoms with van der Waals surface area (Å²) in [6, 6.07) is -0.0801. The van der Waals surface area contributed by atoms with E-state index in [4.69, 9.17) is 0 Å². The monoisotopic (exact) mass is 269 g/mol. The van der Waals surface area contributed by atoms with Crippen LogP contribution < -0.4 is 10.6 Å². The van der Waals surface area contributed by atoms with E-state index in [1.807, 2.05) is 0 Å². The Morgan fingerprint density at radius 1 is 1.21 bits per heavy atom. The first-order valence-electron chi connectivity index (χ1n) is 7.66. The van der Waals surface area contributed by atoms with Crippen LogP contribution in [-0.2, 0) is 4.79 Å². The molecule has 110 valence electrons. The fraction of sp³-hybridized carbons (Fsp3) is 0.929. The Labute approximate surface area is 115 Å². The zero-order valence-corrected chi connectivity index (χ0v) is 11.7. The topological polar surface area (TPSA) is 64.6 Å². The Morgan fingerprint density at radius 2 is 1.89 bits per heavy atom. The Hall–Kier alpha value is -0.650. The van der Waals surface area contributed by atoms with Gasteiger partial charge in [-0.05, 0) is 38.9 Å². The van der Waals surface area contributed by atoms with Crippen LogP contribution in [0.2, 0.25) is 0 Å². The van der Waals surface area contributed by atoms with Gasteiger partial charge in [-0.25, -0.2) is 0 Å². The standard InChI is InChI=1S/C14H27N3O2/c18-13-10-15-7-6-12(13)16-14(19)11-17-8-4-2-1-3-5-9-17/h12-13,15,18H,1-11H2,(H,16,19)/t12-,13-/m1/s1. The average molecular weight is 269 g/mol. The van der Waals surface area contributed by atoms with E-state index in [1.165, 1.54) is 32.1 Å². The summed E-state index contributed by atoms with van der Waals surface area (Å²) in [5.41, 5.74) is 0. The van der Waals surface area contributed by atoms with Gasteiger partial charge in [0.25, 0.3) is 0 Å². The minimum atomic E-state index is -0.454. The lowest BCUT2D eigenvalue weighted by molar-refractivity contribution is -0.124. The van der Waals surface area contributed by atoms with E-state index in [0.29, 0.717) is 13.1 Å². The van der Waals surface area contributed by atoms with E-state index in [1.54, 1.807) is 0 Å². The van der Waals surface area contributed by atoms with Gasteiger partial charge < -0.3 is 15.7 Å². The smallest absolute Gasteiger partial charge is 0.234 e. The second-order valence-electron chi connectivity index (χ2n) is 5.78. The van der Waals surface area contributed by atoms with E-state index >= 15 is 0 Å². The molecule has 5 heteroatoms. The highest BCUT2D eigenvalue weighted by Crippen LogP contribution is 2.10. The van der Waals surface area contributed by atoms with E-state index in [-0.39, 0.29) is 11.9 Å². The van der Waals surface area contributed by atoms with Gasteiger partial charge in [-0.1, -0.05) is 19.3 Å². The third-order valence-electron chi connectivity index (χ3n) is 4.11. The third kappa shape index (κ3) is 5.09. The van der Waals surface area contributed by atoms with Gasteiger partial charge >= 0.3 is 0 Å². The zero-order chi connectivity index (χ0) is 13.5. The van der Waals surface area contributed by atoms with Crippen LogP contribution in [0.5, 0.6) is 0 Å². The van der Waals surface area contributed by atoms with Crippen LogP contribution in [0.15, 0.2) is 0 Å². The molecule has 0 aromatic carbocycles. The molecule has 0 bridgehead atoms. The minimum Gasteiger partial charge on any atom is -0.390 e. The first-order chi connectivity index (χ1) is 9.25. The molecule has 2 rings (SSSR count). The van der Waals surface area contributed by atoms with Gasteiger partial charge in [0.15, 0.2) is 0 Å². The average Bonchev–Trinajstić information content (AvgIpc) is 2.35. The van der Waals surface area contributed by atoms with Gasteiger partial charge in [-0.2, -0.15) is 0 Å². The Morgan fingerprint density at radius 3 is 2.58 bits per heavy atom. The summed E-state index contributed by atoms with van der Waals surface area (Å²) in [4.78, 5) is 14.3. The summed E-state index contributed by atoms with van der Waals surface area (Å²) < 4.78 is 0. The van der Waals surface area contributed by atoms with Crippen molar-refractivity contribution in [1.29, 1.82) is 0 Å². The van der Waals surface area contributed by atoms with Gasteiger partial charge in [-0.3, -0.25) is 9.69 Å². The van der Waals surface area contributed by atoms with Gasteiger partial charge in [0.1, 0.15) is 0 Å². The second kappa shape index (κ2) is 7.82. The maximum absolute atomic E-state index is 12.0. The molecule has 0 saturated carbocycles. The van der Waals surface area contributed by atoms with E-state index < -0.39 is 6.10 Å². The molecule has 2 aliphatic heterocycles. The molecule has 0 spiro atoms. The number of nitrogens with one attached hydrogen (secondary N) is 2. The Kier molecular flexibility index (Phi) is 6.07. The molecule has 3 N–H and O–H groups in total. The van der Waals surface area contributed by atoms with E-state index in [9.17, 15) is 9.90 Å². The van der Waals surface area contributed by atoms with Crippen LogP contribution in [0, 0.1) is 0 Å². The molecule has 2 saturated heterocycles. The van der Waals surface area contributed by atoms with Crippen molar-refractivity contribution in [2.24, 2.45) is 0 Å². The number of carbonyl (C=O) groups is 1. The highest BCUT2D eigenvalue weighted by atomic mass is 16.3. The largest absolute Gasteiger partial charge is 0.390 e. The number of nitrogens with zero attached hydrogens (tertiary/aromatic N) is 1. The Balaban J connectivity index is 1.72. The molecule has 2 fully saturated rings. The SMILES string of the molecule is O=C(CN1CCCCCCC1)N[C@@H]1CCNC[C@H]1O. The summed E-state index contributed by atoms with van der Waals surface area (Å²) in [7, 11) is 0. The molecule has 1 amide bonds. The number of aliphatic hydroxyl groups excluding tert-OH is 1. The van der Waals surface area contributed by atoms with Crippen molar-refractivity contribution in [2.45, 2.75) is 50.7 Å². The highest BCUT2D eigenvalue weighted by molar-refractivity contribution is 5.78. The molecule has 2 atom stereocenters. The summed E-state index contributed by atoms with van der Waals surface area (Å²) in [5.74, 6) is 0.0616. The second-order valence-corrected chi connectivity index (χ2v) is 5.78. The van der Waals surface area contributed by atoms with Crippen LogP contribution in [0.4, 0.5) is 0 Å². The summed E-state index contributed by atoms with van der Waals surface area (Å²) in [5, 5.41) is 15.9. The number of β-amino-alcohol motifs (C(OH)–C–C–N with tert-alkyl or cyclic N) is 1. The Bertz CT molecular complexity index is 278. The molecule has 0 aromatic heterocycles. The van der Waals surface area contributed by atoms with Crippen molar-refractivity contribution < 1.29 is 9.90 Å². The van der Waals surface area contributed by atoms with Gasteiger partial charge in [0.05, 0.1) is 18.7 Å². The number of aliphatic hydroxyl groups is 1. The van der Waals surface area contributed by atoms with Crippen molar-refractivity contribution in [2.75, 3.05) is 32.7 Å². The fourth-order valence-corrected chi connectivity index (χ4v) is 2.94. The van der Waals surface area contributed by atoms with Crippen molar-refractivity contribution >= 4 is 5.91 Å². The van der Waals surface area contributed by atoms with Crippen molar-refractivity contribution in [1.82, 2.24) is 15.5 Å². The van der Waals surface area contributed by atoms with Gasteiger partial charge in [-0.15, -0.1) is 0 Å². The van der Waals surface area contributed by atoms with Crippen molar-refractivity contribution in [3.8, 4) is 0 Å². The molecular formula is C14H27N3O2. The molecule has 0 aliphatic carbocycles. The quantitative estimate of drug-likeness (QED) is 0.679. The highest BCUT2D eigenvalue weighted by Gasteiger charge is 2.24. The van der Waals surface area contributed by atoms with Crippen LogP contribution in [-0.4, -0.2) is 60.8 Å². The number of carbonyl (C=O) groups excluding carboxylic acids is 1. The molecule has 19 heavy (non-hydrogen) atoms. The molecule has 0 radical (unpaired) electrons.